The molecule has 4 nitrogen and oxygen atoms in total. The second-order valence-corrected chi connectivity index (χ2v) is 5.40. The van der Waals surface area contributed by atoms with Crippen LogP contribution in [0, 0.1) is 5.82 Å². The molecule has 0 atom stereocenters. The van der Waals surface area contributed by atoms with Crippen LogP contribution < -0.4 is 10.5 Å². The second kappa shape index (κ2) is 4.85. The van der Waals surface area contributed by atoms with Gasteiger partial charge >= 0.3 is 0 Å². The third-order valence-corrected chi connectivity index (χ3v) is 3.74. The molecule has 1 aromatic carbocycles. The number of hydrogen-bond acceptors (Lipinski definition) is 4. The van der Waals surface area contributed by atoms with Gasteiger partial charge in [-0.25, -0.2) is 4.39 Å². The Morgan fingerprint density at radius 2 is 2.16 bits per heavy atom. The van der Waals surface area contributed by atoms with E-state index in [4.69, 9.17) is 15.0 Å². The summed E-state index contributed by atoms with van der Waals surface area (Å²) in [7, 11) is 0. The Morgan fingerprint density at radius 3 is 2.74 bits per heavy atom. The maximum atomic E-state index is 13.6. The zero-order chi connectivity index (χ0) is 13.4. The van der Waals surface area contributed by atoms with Crippen LogP contribution in [0.3, 0.4) is 0 Å². The summed E-state index contributed by atoms with van der Waals surface area (Å²) in [5.41, 5.74) is 6.51. The Balaban J connectivity index is 2.04. The van der Waals surface area contributed by atoms with Crippen LogP contribution in [0.4, 0.5) is 10.3 Å². The average molecular weight is 327 g/mol. The van der Waals surface area contributed by atoms with Gasteiger partial charge in [-0.3, -0.25) is 0 Å². The van der Waals surface area contributed by atoms with Crippen LogP contribution in [0.15, 0.2) is 27.2 Å². The van der Waals surface area contributed by atoms with Crippen molar-refractivity contribution in [2.45, 2.75) is 25.4 Å². The van der Waals surface area contributed by atoms with E-state index in [1.54, 1.807) is 6.07 Å². The third kappa shape index (κ3) is 2.45. The van der Waals surface area contributed by atoms with Crippen LogP contribution >= 0.6 is 15.9 Å². The van der Waals surface area contributed by atoms with Gasteiger partial charge in [0.25, 0.3) is 0 Å². The molecule has 1 aliphatic carbocycles. The Morgan fingerprint density at radius 1 is 1.37 bits per heavy atom. The van der Waals surface area contributed by atoms with Gasteiger partial charge in [-0.15, -0.1) is 0 Å². The van der Waals surface area contributed by atoms with Gasteiger partial charge in [-0.05, 0) is 47.3 Å². The first-order chi connectivity index (χ1) is 9.13. The van der Waals surface area contributed by atoms with E-state index in [0.29, 0.717) is 21.5 Å². The van der Waals surface area contributed by atoms with E-state index in [1.165, 1.54) is 12.1 Å². The van der Waals surface area contributed by atoms with Gasteiger partial charge in [0.05, 0.1) is 10.6 Å². The molecule has 3 rings (SSSR count). The molecule has 0 bridgehead atoms. The van der Waals surface area contributed by atoms with Crippen LogP contribution in [0.5, 0.6) is 5.75 Å². The normalized spacial score (nSPS) is 15.3. The Labute approximate surface area is 117 Å². The summed E-state index contributed by atoms with van der Waals surface area (Å²) in [6, 6.07) is 4.30. The third-order valence-electron chi connectivity index (χ3n) is 3.15. The van der Waals surface area contributed by atoms with Gasteiger partial charge in [0.2, 0.25) is 5.88 Å². The SMILES string of the molecule is Nc1cc(-c2cc(F)cc(Br)c2OC2CCC2)no1. The summed E-state index contributed by atoms with van der Waals surface area (Å²) in [5, 5.41) is 3.81. The molecule has 19 heavy (non-hydrogen) atoms. The molecular weight excluding hydrogens is 315 g/mol. The van der Waals surface area contributed by atoms with Crippen molar-refractivity contribution in [3.8, 4) is 17.0 Å². The first kappa shape index (κ1) is 12.5. The molecule has 100 valence electrons. The molecule has 0 aliphatic heterocycles. The highest BCUT2D eigenvalue weighted by atomic mass is 79.9. The number of benzene rings is 1. The molecule has 0 spiro atoms. The zero-order valence-corrected chi connectivity index (χ0v) is 11.6. The molecule has 1 aromatic heterocycles. The number of rotatable bonds is 3. The largest absolute Gasteiger partial charge is 0.489 e. The molecule has 1 fully saturated rings. The van der Waals surface area contributed by atoms with E-state index in [1.807, 2.05) is 0 Å². The van der Waals surface area contributed by atoms with Crippen molar-refractivity contribution in [2.24, 2.45) is 0 Å². The molecule has 0 amide bonds. The van der Waals surface area contributed by atoms with Crippen molar-refractivity contribution in [3.63, 3.8) is 0 Å². The lowest BCUT2D eigenvalue weighted by atomic mass is 9.96. The first-order valence-corrected chi connectivity index (χ1v) is 6.81. The van der Waals surface area contributed by atoms with E-state index >= 15 is 0 Å². The highest BCUT2D eigenvalue weighted by molar-refractivity contribution is 9.10. The van der Waals surface area contributed by atoms with Crippen LogP contribution in [0.2, 0.25) is 0 Å². The van der Waals surface area contributed by atoms with Gasteiger partial charge in [-0.1, -0.05) is 5.16 Å². The molecule has 6 heteroatoms. The summed E-state index contributed by atoms with van der Waals surface area (Å²) >= 11 is 3.33. The number of nitrogens with zero attached hydrogens (tertiary/aromatic N) is 1. The van der Waals surface area contributed by atoms with Crippen molar-refractivity contribution in [2.75, 3.05) is 5.73 Å². The van der Waals surface area contributed by atoms with Crippen LogP contribution in [0.25, 0.3) is 11.3 Å². The number of nitrogen functional groups attached to an aromatic ring is 1. The van der Waals surface area contributed by atoms with Crippen molar-refractivity contribution in [3.05, 3.63) is 28.5 Å². The summed E-state index contributed by atoms with van der Waals surface area (Å²) in [6.45, 7) is 0. The number of anilines is 1. The van der Waals surface area contributed by atoms with Gasteiger partial charge in [0, 0.05) is 11.6 Å². The number of halogens is 2. The van der Waals surface area contributed by atoms with Crippen LogP contribution in [0.1, 0.15) is 19.3 Å². The maximum absolute atomic E-state index is 13.6. The van der Waals surface area contributed by atoms with Crippen LogP contribution in [-0.2, 0) is 0 Å². The Hall–Kier alpha value is -1.56. The summed E-state index contributed by atoms with van der Waals surface area (Å²) < 4.78 is 24.9. The fourth-order valence-electron chi connectivity index (χ4n) is 1.94. The van der Waals surface area contributed by atoms with Gasteiger partial charge in [0.1, 0.15) is 17.3 Å². The van der Waals surface area contributed by atoms with Gasteiger partial charge in [0.15, 0.2) is 0 Å². The fourth-order valence-corrected chi connectivity index (χ4v) is 2.47. The molecule has 2 N–H and O–H groups in total. The molecule has 1 saturated carbocycles. The molecule has 1 aliphatic rings. The highest BCUT2D eigenvalue weighted by Crippen LogP contribution is 2.40. The summed E-state index contributed by atoms with van der Waals surface area (Å²) in [5.74, 6) is 0.397. The highest BCUT2D eigenvalue weighted by Gasteiger charge is 2.23. The Kier molecular flexibility index (Phi) is 3.18. The van der Waals surface area contributed by atoms with Crippen molar-refractivity contribution in [1.29, 1.82) is 0 Å². The lowest BCUT2D eigenvalue weighted by molar-refractivity contribution is 0.120. The van der Waals surface area contributed by atoms with Gasteiger partial charge < -0.3 is 15.0 Å². The number of ether oxygens (including phenoxy) is 1. The molecular formula is C13H12BrFN2O2. The summed E-state index contributed by atoms with van der Waals surface area (Å²) in [6.07, 6.45) is 3.38. The number of aromatic nitrogens is 1. The van der Waals surface area contributed by atoms with Crippen molar-refractivity contribution < 1.29 is 13.7 Å². The van der Waals surface area contributed by atoms with E-state index in [0.717, 1.165) is 19.3 Å². The van der Waals surface area contributed by atoms with E-state index < -0.39 is 0 Å². The smallest absolute Gasteiger partial charge is 0.222 e. The van der Waals surface area contributed by atoms with Crippen molar-refractivity contribution >= 4 is 21.8 Å². The lowest BCUT2D eigenvalue weighted by Crippen LogP contribution is -2.25. The molecule has 1 heterocycles. The minimum atomic E-state index is -0.371. The van der Waals surface area contributed by atoms with Gasteiger partial charge in [-0.2, -0.15) is 0 Å². The van der Waals surface area contributed by atoms with Crippen LogP contribution in [-0.4, -0.2) is 11.3 Å². The van der Waals surface area contributed by atoms with Crippen molar-refractivity contribution in [1.82, 2.24) is 5.16 Å². The first-order valence-electron chi connectivity index (χ1n) is 6.02. The quantitative estimate of drug-likeness (QED) is 0.932. The predicted molar refractivity (Wildman–Crippen MR) is 72.3 cm³/mol. The summed E-state index contributed by atoms with van der Waals surface area (Å²) in [4.78, 5) is 0. The second-order valence-electron chi connectivity index (χ2n) is 4.55. The van der Waals surface area contributed by atoms with E-state index in [2.05, 4.69) is 21.1 Å². The molecule has 0 saturated heterocycles. The minimum absolute atomic E-state index is 0.185. The predicted octanol–water partition coefficient (Wildman–Crippen LogP) is 3.76. The maximum Gasteiger partial charge on any atom is 0.222 e. The average Bonchev–Trinajstić information content (AvgIpc) is 2.71. The molecule has 0 unspecified atom stereocenters. The Bertz CT molecular complexity index is 611. The molecule has 0 radical (unpaired) electrons. The monoisotopic (exact) mass is 326 g/mol. The number of nitrogens with two attached hydrogens (primary N) is 1. The number of hydrogen-bond donors (Lipinski definition) is 1. The lowest BCUT2D eigenvalue weighted by Gasteiger charge is -2.27. The fraction of sp³-hybridized carbons (Fsp3) is 0.308. The minimum Gasteiger partial charge on any atom is -0.489 e. The van der Waals surface area contributed by atoms with E-state index in [9.17, 15) is 4.39 Å². The standard InChI is InChI=1S/C13H12BrFN2O2/c14-10-5-7(15)4-9(11-6-12(16)19-17-11)13(10)18-8-2-1-3-8/h4-6,8H,1-3,16H2. The topological polar surface area (TPSA) is 61.3 Å². The molecule has 2 aromatic rings. The van der Waals surface area contributed by atoms with E-state index in [-0.39, 0.29) is 17.8 Å². The zero-order valence-electron chi connectivity index (χ0n) is 10.0.